The molecule has 2 aliphatic rings. The predicted molar refractivity (Wildman–Crippen MR) is 114 cm³/mol. The van der Waals surface area contributed by atoms with Crippen LogP contribution >= 0.6 is 0 Å². The monoisotopic (exact) mass is 464 g/mol. The quantitative estimate of drug-likeness (QED) is 0.725. The van der Waals surface area contributed by atoms with Crippen molar-refractivity contribution in [3.63, 3.8) is 0 Å². The molecule has 1 spiro atoms. The summed E-state index contributed by atoms with van der Waals surface area (Å²) in [4.78, 5) is 41.2. The first-order chi connectivity index (χ1) is 15.3. The lowest BCUT2D eigenvalue weighted by atomic mass is 9.80. The van der Waals surface area contributed by atoms with E-state index in [9.17, 15) is 32.8 Å². The molecule has 3 amide bonds. The maximum Gasteiger partial charge on any atom is 0.400 e. The number of likely N-dealkylation sites (tertiary alicyclic amines) is 1. The van der Waals surface area contributed by atoms with Gasteiger partial charge in [0.1, 0.15) is 18.0 Å². The van der Waals surface area contributed by atoms with Gasteiger partial charge in [-0.3, -0.25) is 14.4 Å². The number of hydrogen-bond acceptors (Lipinski definition) is 4. The summed E-state index contributed by atoms with van der Waals surface area (Å²) in [7, 11) is 1.18. The van der Waals surface area contributed by atoms with Gasteiger partial charge in [0.2, 0.25) is 17.7 Å². The second-order valence-corrected chi connectivity index (χ2v) is 9.25. The molecule has 2 heterocycles. The van der Waals surface area contributed by atoms with Gasteiger partial charge in [0.15, 0.2) is 0 Å². The molecule has 3 rings (SSSR count). The van der Waals surface area contributed by atoms with Gasteiger partial charge >= 0.3 is 6.18 Å². The van der Waals surface area contributed by atoms with Crippen molar-refractivity contribution in [1.82, 2.24) is 9.80 Å². The van der Waals surface area contributed by atoms with Crippen LogP contribution in [0, 0.1) is 23.2 Å². The standard InChI is InChI=1S/C23H27F3N4O3/c1-13(2)9-18(29(4)19(31)14(3)23(24,25)26)20(32)30-12-22(10-15(30)11-27)16-7-5-6-8-17(16)28-21(22)33/h5-8,13-15,18H,9-10,12H2,1-4H3,(H,28,33)/t14-,15-,18-,22-/m0/s1. The third-order valence-electron chi connectivity index (χ3n) is 6.57. The molecular formula is C23H27F3N4O3. The Kier molecular flexibility index (Phi) is 6.46. The molecule has 4 atom stereocenters. The molecule has 7 nitrogen and oxygen atoms in total. The second kappa shape index (κ2) is 8.69. The van der Waals surface area contributed by atoms with Gasteiger partial charge < -0.3 is 15.1 Å². The molecule has 1 aromatic carbocycles. The van der Waals surface area contributed by atoms with Crippen LogP contribution in [0.4, 0.5) is 18.9 Å². The lowest BCUT2D eigenvalue weighted by Gasteiger charge is -2.34. The summed E-state index contributed by atoms with van der Waals surface area (Å²) >= 11 is 0. The van der Waals surface area contributed by atoms with Gasteiger partial charge in [0, 0.05) is 25.7 Å². The zero-order valence-corrected chi connectivity index (χ0v) is 18.9. The van der Waals surface area contributed by atoms with Crippen molar-refractivity contribution in [2.24, 2.45) is 11.8 Å². The lowest BCUT2D eigenvalue weighted by molar-refractivity contribution is -0.187. The van der Waals surface area contributed by atoms with Crippen LogP contribution in [-0.4, -0.2) is 59.4 Å². The van der Waals surface area contributed by atoms with Crippen LogP contribution in [0.5, 0.6) is 0 Å². The molecule has 0 aromatic heterocycles. The van der Waals surface area contributed by atoms with Crippen molar-refractivity contribution in [2.75, 3.05) is 18.9 Å². The van der Waals surface area contributed by atoms with Crippen molar-refractivity contribution < 1.29 is 27.6 Å². The highest BCUT2D eigenvalue weighted by Crippen LogP contribution is 2.46. The first-order valence-electron chi connectivity index (χ1n) is 10.8. The molecule has 0 radical (unpaired) electrons. The predicted octanol–water partition coefficient (Wildman–Crippen LogP) is 3.07. The molecule has 178 valence electrons. The minimum absolute atomic E-state index is 0.0725. The molecule has 1 fully saturated rings. The highest BCUT2D eigenvalue weighted by Gasteiger charge is 2.57. The number of para-hydroxylation sites is 1. The van der Waals surface area contributed by atoms with Gasteiger partial charge in [-0.1, -0.05) is 32.0 Å². The van der Waals surface area contributed by atoms with Gasteiger partial charge in [-0.05, 0) is 30.9 Å². The molecule has 0 unspecified atom stereocenters. The Balaban J connectivity index is 1.94. The SMILES string of the molecule is CC(C)C[C@@H](C(=O)N1C[C@]2(C[C@H]1C#N)C(=O)Nc1ccccc12)N(C)C(=O)[C@H](C)C(F)(F)F. The van der Waals surface area contributed by atoms with Crippen LogP contribution in [0.25, 0.3) is 0 Å². The number of amides is 3. The van der Waals surface area contributed by atoms with E-state index in [2.05, 4.69) is 11.4 Å². The van der Waals surface area contributed by atoms with E-state index >= 15 is 0 Å². The molecule has 0 aliphatic carbocycles. The minimum atomic E-state index is -4.74. The second-order valence-electron chi connectivity index (χ2n) is 9.25. The number of alkyl halides is 3. The molecule has 10 heteroatoms. The highest BCUT2D eigenvalue weighted by molar-refractivity contribution is 6.07. The van der Waals surface area contributed by atoms with E-state index in [1.165, 1.54) is 11.9 Å². The first kappa shape index (κ1) is 24.6. The number of benzene rings is 1. The lowest BCUT2D eigenvalue weighted by Crippen LogP contribution is -2.53. The Hall–Kier alpha value is -3.09. The van der Waals surface area contributed by atoms with Gasteiger partial charge in [0.25, 0.3) is 0 Å². The fraction of sp³-hybridized carbons (Fsp3) is 0.565. The third kappa shape index (κ3) is 4.28. The van der Waals surface area contributed by atoms with E-state index in [1.807, 2.05) is 0 Å². The number of halogens is 3. The molecule has 1 saturated heterocycles. The third-order valence-corrected chi connectivity index (χ3v) is 6.57. The Labute approximate surface area is 190 Å². The highest BCUT2D eigenvalue weighted by atomic mass is 19.4. The fourth-order valence-electron chi connectivity index (χ4n) is 4.65. The number of rotatable bonds is 5. The molecule has 0 saturated carbocycles. The van der Waals surface area contributed by atoms with E-state index in [1.54, 1.807) is 38.1 Å². The number of anilines is 1. The van der Waals surface area contributed by atoms with E-state index in [0.29, 0.717) is 11.3 Å². The number of nitrogens with one attached hydrogen (secondary N) is 1. The number of hydrogen-bond donors (Lipinski definition) is 1. The summed E-state index contributed by atoms with van der Waals surface area (Å²) in [5.74, 6) is -4.55. The Morgan fingerprint density at radius 1 is 1.30 bits per heavy atom. The van der Waals surface area contributed by atoms with Gasteiger partial charge in [0.05, 0.1) is 11.5 Å². The van der Waals surface area contributed by atoms with Crippen molar-refractivity contribution >= 4 is 23.4 Å². The van der Waals surface area contributed by atoms with E-state index in [-0.39, 0.29) is 31.2 Å². The van der Waals surface area contributed by atoms with Crippen LogP contribution in [0.15, 0.2) is 24.3 Å². The van der Waals surface area contributed by atoms with Crippen LogP contribution in [-0.2, 0) is 19.8 Å². The Morgan fingerprint density at radius 3 is 2.52 bits per heavy atom. The number of nitriles is 1. The summed E-state index contributed by atoms with van der Waals surface area (Å²) in [5.41, 5.74) is 0.177. The number of likely N-dealkylation sites (N-methyl/N-ethyl adjacent to an activating group) is 1. The average molecular weight is 464 g/mol. The van der Waals surface area contributed by atoms with Crippen LogP contribution < -0.4 is 5.32 Å². The van der Waals surface area contributed by atoms with Crippen LogP contribution in [0.2, 0.25) is 0 Å². The van der Waals surface area contributed by atoms with Crippen LogP contribution in [0.3, 0.4) is 0 Å². The summed E-state index contributed by atoms with van der Waals surface area (Å²) in [5, 5.41) is 12.6. The molecule has 0 bridgehead atoms. The maximum absolute atomic E-state index is 13.6. The van der Waals surface area contributed by atoms with Gasteiger partial charge in [-0.15, -0.1) is 0 Å². The summed E-state index contributed by atoms with van der Waals surface area (Å²) < 4.78 is 39.5. The molecule has 1 aromatic rings. The van der Waals surface area contributed by atoms with Crippen molar-refractivity contribution in [2.45, 2.75) is 57.3 Å². The number of carbonyl (C=O) groups excluding carboxylic acids is 3. The topological polar surface area (TPSA) is 93.5 Å². The number of fused-ring (bicyclic) bond motifs is 2. The molecule has 2 aliphatic heterocycles. The zero-order valence-electron chi connectivity index (χ0n) is 18.9. The van der Waals surface area contributed by atoms with Crippen molar-refractivity contribution in [1.29, 1.82) is 5.26 Å². The summed E-state index contributed by atoms with van der Waals surface area (Å²) in [6, 6.07) is 6.95. The van der Waals surface area contributed by atoms with Crippen molar-refractivity contribution in [3.05, 3.63) is 29.8 Å². The summed E-state index contributed by atoms with van der Waals surface area (Å²) in [6.07, 6.45) is -4.55. The largest absolute Gasteiger partial charge is 0.400 e. The summed E-state index contributed by atoms with van der Waals surface area (Å²) in [6.45, 7) is 4.26. The number of carbonyl (C=O) groups is 3. The fourth-order valence-corrected chi connectivity index (χ4v) is 4.65. The van der Waals surface area contributed by atoms with Gasteiger partial charge in [-0.25, -0.2) is 0 Å². The Bertz CT molecular complexity index is 1000. The average Bonchev–Trinajstić information content (AvgIpc) is 3.28. The normalized spacial score (nSPS) is 23.8. The first-order valence-corrected chi connectivity index (χ1v) is 10.8. The Morgan fingerprint density at radius 2 is 1.94 bits per heavy atom. The maximum atomic E-state index is 13.6. The van der Waals surface area contributed by atoms with Crippen LogP contribution in [0.1, 0.15) is 39.2 Å². The van der Waals surface area contributed by atoms with E-state index in [4.69, 9.17) is 0 Å². The molecular weight excluding hydrogens is 437 g/mol. The van der Waals surface area contributed by atoms with E-state index < -0.39 is 41.4 Å². The van der Waals surface area contributed by atoms with Crippen molar-refractivity contribution in [3.8, 4) is 6.07 Å². The number of nitrogens with zero attached hydrogens (tertiary/aromatic N) is 3. The van der Waals surface area contributed by atoms with E-state index in [0.717, 1.165) is 11.8 Å². The molecule has 1 N–H and O–H groups in total. The van der Waals surface area contributed by atoms with Gasteiger partial charge in [-0.2, -0.15) is 18.4 Å². The molecule has 33 heavy (non-hydrogen) atoms. The smallest absolute Gasteiger partial charge is 0.333 e. The zero-order chi connectivity index (χ0) is 24.7. The minimum Gasteiger partial charge on any atom is -0.333 e.